The smallest absolute Gasteiger partial charge is 0.240 e. The van der Waals surface area contributed by atoms with E-state index in [4.69, 9.17) is 5.73 Å². The molecule has 7 nitrogen and oxygen atoms in total. The van der Waals surface area contributed by atoms with Crippen molar-refractivity contribution in [1.29, 1.82) is 0 Å². The van der Waals surface area contributed by atoms with Crippen molar-refractivity contribution < 1.29 is 13.2 Å². The van der Waals surface area contributed by atoms with E-state index < -0.39 is 21.0 Å². The van der Waals surface area contributed by atoms with Crippen molar-refractivity contribution in [3.63, 3.8) is 0 Å². The summed E-state index contributed by atoms with van der Waals surface area (Å²) in [5, 5.41) is 9.16. The Morgan fingerprint density at radius 3 is 2.57 bits per heavy atom. The van der Waals surface area contributed by atoms with Gasteiger partial charge < -0.3 is 11.1 Å². The Kier molecular flexibility index (Phi) is 4.53. The number of hydrogen-bond acceptors (Lipinski definition) is 7. The molecule has 0 saturated heterocycles. The average molecular weight is 326 g/mol. The monoisotopic (exact) mass is 326 g/mol. The van der Waals surface area contributed by atoms with Gasteiger partial charge in [-0.1, -0.05) is 41.7 Å². The molecular formula is C12H14N4O3S2. The highest BCUT2D eigenvalue weighted by Gasteiger charge is 2.36. The molecule has 9 heteroatoms. The van der Waals surface area contributed by atoms with Crippen LogP contribution in [0.5, 0.6) is 0 Å². The van der Waals surface area contributed by atoms with E-state index >= 15 is 0 Å². The normalized spacial score (nSPS) is 12.8. The molecule has 1 aromatic carbocycles. The van der Waals surface area contributed by atoms with E-state index in [1.165, 1.54) is 0 Å². The first-order chi connectivity index (χ1) is 9.96. The third-order valence-electron chi connectivity index (χ3n) is 2.65. The summed E-state index contributed by atoms with van der Waals surface area (Å²) in [6, 6.07) is 8.09. The summed E-state index contributed by atoms with van der Waals surface area (Å²) < 4.78 is 24.9. The number of rotatable bonds is 6. The topological polar surface area (TPSA) is 115 Å². The number of primary amides is 1. The second kappa shape index (κ2) is 6.19. The molecule has 2 rings (SSSR count). The Hall–Kier alpha value is -2.00. The first-order valence-corrected chi connectivity index (χ1v) is 8.48. The molecule has 0 bridgehead atoms. The molecular weight excluding hydrogens is 312 g/mol. The average Bonchev–Trinajstić information content (AvgIpc) is 2.89. The standard InChI is InChI=1S/C12H14N4O3S2/c1-2-14-11-15-16-12(20-11)21(18,19)9(10(13)17)8-6-4-3-5-7-8/h3-7,9H,2H2,1H3,(H2,13,17)(H,14,15)/t9-/m0/s1. The van der Waals surface area contributed by atoms with E-state index in [1.807, 2.05) is 6.92 Å². The molecule has 3 N–H and O–H groups in total. The van der Waals surface area contributed by atoms with E-state index in [0.717, 1.165) is 11.3 Å². The van der Waals surface area contributed by atoms with E-state index in [0.29, 0.717) is 17.2 Å². The van der Waals surface area contributed by atoms with Gasteiger partial charge in [-0.2, -0.15) is 0 Å². The molecule has 21 heavy (non-hydrogen) atoms. The second-order valence-corrected chi connectivity index (χ2v) is 7.33. The quantitative estimate of drug-likeness (QED) is 0.817. The summed E-state index contributed by atoms with van der Waals surface area (Å²) in [6.45, 7) is 2.44. The Labute approximate surface area is 126 Å². The van der Waals surface area contributed by atoms with Crippen molar-refractivity contribution in [2.45, 2.75) is 16.5 Å². The van der Waals surface area contributed by atoms with Gasteiger partial charge in [0.2, 0.25) is 25.2 Å². The third kappa shape index (κ3) is 3.19. The molecule has 1 amide bonds. The minimum atomic E-state index is -4.02. The van der Waals surface area contributed by atoms with Crippen LogP contribution < -0.4 is 11.1 Å². The van der Waals surface area contributed by atoms with Crippen molar-refractivity contribution in [3.05, 3.63) is 35.9 Å². The number of aromatic nitrogens is 2. The van der Waals surface area contributed by atoms with E-state index in [-0.39, 0.29) is 4.34 Å². The zero-order valence-electron chi connectivity index (χ0n) is 11.2. The van der Waals surface area contributed by atoms with Gasteiger partial charge in [0, 0.05) is 6.54 Å². The van der Waals surface area contributed by atoms with Crippen LogP contribution in [0.4, 0.5) is 5.13 Å². The van der Waals surface area contributed by atoms with Crippen molar-refractivity contribution in [1.82, 2.24) is 10.2 Å². The number of benzene rings is 1. The lowest BCUT2D eigenvalue weighted by Crippen LogP contribution is -2.28. The summed E-state index contributed by atoms with van der Waals surface area (Å²) in [5.74, 6) is -0.943. The number of carbonyl (C=O) groups is 1. The number of amides is 1. The summed E-state index contributed by atoms with van der Waals surface area (Å²) >= 11 is 0.876. The van der Waals surface area contributed by atoms with Gasteiger partial charge in [0.1, 0.15) is 0 Å². The molecule has 1 heterocycles. The number of carbonyl (C=O) groups excluding carboxylic acids is 1. The highest BCUT2D eigenvalue weighted by molar-refractivity contribution is 7.94. The third-order valence-corrected chi connectivity index (χ3v) is 5.96. The lowest BCUT2D eigenvalue weighted by molar-refractivity contribution is -0.117. The molecule has 0 aliphatic heterocycles. The van der Waals surface area contributed by atoms with E-state index in [2.05, 4.69) is 15.5 Å². The molecule has 0 radical (unpaired) electrons. The highest BCUT2D eigenvalue weighted by Crippen LogP contribution is 2.31. The predicted octanol–water partition coefficient (Wildman–Crippen LogP) is 0.970. The van der Waals surface area contributed by atoms with Crippen LogP contribution >= 0.6 is 11.3 Å². The maximum absolute atomic E-state index is 12.6. The van der Waals surface area contributed by atoms with Gasteiger partial charge in [0.15, 0.2) is 5.25 Å². The van der Waals surface area contributed by atoms with Gasteiger partial charge in [-0.05, 0) is 12.5 Å². The molecule has 112 valence electrons. The van der Waals surface area contributed by atoms with Crippen molar-refractivity contribution in [3.8, 4) is 0 Å². The Bertz CT molecular complexity index is 728. The second-order valence-electron chi connectivity index (χ2n) is 4.14. The molecule has 1 atom stereocenters. The number of nitrogens with zero attached hydrogens (tertiary/aromatic N) is 2. The van der Waals surface area contributed by atoms with Gasteiger partial charge in [0.05, 0.1) is 0 Å². The minimum absolute atomic E-state index is 0.230. The van der Waals surface area contributed by atoms with Crippen LogP contribution in [-0.2, 0) is 14.6 Å². The zero-order valence-corrected chi connectivity index (χ0v) is 12.8. The van der Waals surface area contributed by atoms with Crippen LogP contribution in [-0.4, -0.2) is 31.1 Å². The summed E-state index contributed by atoms with van der Waals surface area (Å²) in [4.78, 5) is 11.6. The van der Waals surface area contributed by atoms with Crippen molar-refractivity contribution in [2.75, 3.05) is 11.9 Å². The van der Waals surface area contributed by atoms with Crippen LogP contribution in [0.3, 0.4) is 0 Å². The number of nitrogens with two attached hydrogens (primary N) is 1. The molecule has 0 saturated carbocycles. The Balaban J connectivity index is 2.45. The van der Waals surface area contributed by atoms with Gasteiger partial charge >= 0.3 is 0 Å². The summed E-state index contributed by atoms with van der Waals surface area (Å²) in [7, 11) is -4.02. The molecule has 0 fully saturated rings. The zero-order chi connectivity index (χ0) is 15.5. The number of hydrogen-bond donors (Lipinski definition) is 2. The van der Waals surface area contributed by atoms with Gasteiger partial charge in [-0.3, -0.25) is 4.79 Å². The lowest BCUT2D eigenvalue weighted by atomic mass is 10.1. The highest BCUT2D eigenvalue weighted by atomic mass is 32.2. The Morgan fingerprint density at radius 2 is 2.00 bits per heavy atom. The van der Waals surface area contributed by atoms with Crippen molar-refractivity contribution in [2.24, 2.45) is 5.73 Å². The summed E-state index contributed by atoms with van der Waals surface area (Å²) in [6.07, 6.45) is 0. The number of anilines is 1. The minimum Gasteiger partial charge on any atom is -0.368 e. The fraction of sp³-hybridized carbons (Fsp3) is 0.250. The van der Waals surface area contributed by atoms with Gasteiger partial charge in [-0.25, -0.2) is 8.42 Å². The fourth-order valence-corrected chi connectivity index (χ4v) is 4.49. The largest absolute Gasteiger partial charge is 0.368 e. The molecule has 1 aromatic heterocycles. The first kappa shape index (κ1) is 15.4. The molecule has 0 aliphatic rings. The predicted molar refractivity (Wildman–Crippen MR) is 79.6 cm³/mol. The molecule has 0 unspecified atom stereocenters. The maximum Gasteiger partial charge on any atom is 0.240 e. The van der Waals surface area contributed by atoms with E-state index in [9.17, 15) is 13.2 Å². The van der Waals surface area contributed by atoms with Crippen LogP contribution in [0.2, 0.25) is 0 Å². The van der Waals surface area contributed by atoms with Crippen LogP contribution in [0.15, 0.2) is 34.7 Å². The van der Waals surface area contributed by atoms with Gasteiger partial charge in [-0.15, -0.1) is 10.2 Å². The molecule has 0 aliphatic carbocycles. The summed E-state index contributed by atoms with van der Waals surface area (Å²) in [5.41, 5.74) is 5.59. The maximum atomic E-state index is 12.6. The first-order valence-electron chi connectivity index (χ1n) is 6.12. The molecule has 2 aromatic rings. The molecule has 0 spiro atoms. The van der Waals surface area contributed by atoms with Crippen molar-refractivity contribution >= 4 is 32.2 Å². The van der Waals surface area contributed by atoms with Crippen LogP contribution in [0.1, 0.15) is 17.7 Å². The number of sulfone groups is 1. The fourth-order valence-electron chi connectivity index (χ4n) is 1.77. The lowest BCUT2D eigenvalue weighted by Gasteiger charge is -2.12. The van der Waals surface area contributed by atoms with Crippen LogP contribution in [0.25, 0.3) is 0 Å². The van der Waals surface area contributed by atoms with Gasteiger partial charge in [0.25, 0.3) is 0 Å². The number of nitrogens with one attached hydrogen (secondary N) is 1. The SMILES string of the molecule is CCNc1nnc(S(=O)(=O)[C@H](C(N)=O)c2ccccc2)s1. The van der Waals surface area contributed by atoms with Crippen LogP contribution in [0, 0.1) is 0 Å². The Morgan fingerprint density at radius 1 is 1.33 bits per heavy atom. The van der Waals surface area contributed by atoms with E-state index in [1.54, 1.807) is 30.3 Å².